The highest BCUT2D eigenvalue weighted by Gasteiger charge is 2.22. The zero-order valence-electron chi connectivity index (χ0n) is 20.2. The minimum absolute atomic E-state index is 0. The molecule has 0 heterocycles. The fraction of sp³-hybridized carbons (Fsp3) is 0.556. The van der Waals surface area contributed by atoms with E-state index in [1.54, 1.807) is 0 Å². The van der Waals surface area contributed by atoms with E-state index in [2.05, 4.69) is 57.2 Å². The van der Waals surface area contributed by atoms with Gasteiger partial charge in [-0.2, -0.15) is 0 Å². The van der Waals surface area contributed by atoms with Gasteiger partial charge in [0.25, 0.3) is 0 Å². The van der Waals surface area contributed by atoms with Crippen LogP contribution in [0.25, 0.3) is 0 Å². The summed E-state index contributed by atoms with van der Waals surface area (Å²) in [4.78, 5) is 0. The zero-order valence-corrected chi connectivity index (χ0v) is 21.1. The Morgan fingerprint density at radius 1 is 0.903 bits per heavy atom. The van der Waals surface area contributed by atoms with Crippen LogP contribution >= 0.6 is 12.4 Å². The van der Waals surface area contributed by atoms with Gasteiger partial charge in [0, 0.05) is 18.6 Å². The number of benzene rings is 2. The lowest BCUT2D eigenvalue weighted by Crippen LogP contribution is -2.32. The number of rotatable bonds is 12. The predicted octanol–water partition coefficient (Wildman–Crippen LogP) is 7.14. The van der Waals surface area contributed by atoms with Gasteiger partial charge in [0.05, 0.1) is 0 Å². The zero-order chi connectivity index (χ0) is 22.2. The fourth-order valence-corrected chi connectivity index (χ4v) is 3.92. The van der Waals surface area contributed by atoms with Crippen molar-refractivity contribution < 1.29 is 9.47 Å². The molecule has 0 spiro atoms. The van der Waals surface area contributed by atoms with Crippen LogP contribution in [0, 0.1) is 0 Å². The summed E-state index contributed by atoms with van der Waals surface area (Å²) < 4.78 is 12.1. The maximum atomic E-state index is 6.38. The van der Waals surface area contributed by atoms with Gasteiger partial charge >= 0.3 is 0 Å². The number of hydrogen-bond donors (Lipinski definition) is 1. The Hall–Kier alpha value is -1.55. The summed E-state index contributed by atoms with van der Waals surface area (Å²) >= 11 is 0. The van der Waals surface area contributed by atoms with Crippen molar-refractivity contribution in [2.45, 2.75) is 90.9 Å². The van der Waals surface area contributed by atoms with Gasteiger partial charge in [0.2, 0.25) is 6.29 Å². The molecule has 2 aromatic rings. The first-order valence-electron chi connectivity index (χ1n) is 11.4. The van der Waals surface area contributed by atoms with Gasteiger partial charge in [0.15, 0.2) is 0 Å². The quantitative estimate of drug-likeness (QED) is 0.277. The summed E-state index contributed by atoms with van der Waals surface area (Å²) in [6, 6.07) is 16.8. The minimum Gasteiger partial charge on any atom is -0.465 e. The summed E-state index contributed by atoms with van der Waals surface area (Å²) in [6.07, 6.45) is 5.34. The number of ether oxygens (including phenoxy) is 2. The van der Waals surface area contributed by atoms with Crippen molar-refractivity contribution >= 4 is 12.4 Å². The van der Waals surface area contributed by atoms with Gasteiger partial charge in [-0.1, -0.05) is 76.4 Å². The number of hydrogen-bond acceptors (Lipinski definition) is 3. The van der Waals surface area contributed by atoms with E-state index in [9.17, 15) is 0 Å². The summed E-state index contributed by atoms with van der Waals surface area (Å²) in [5, 5.41) is 0. The van der Waals surface area contributed by atoms with Gasteiger partial charge < -0.3 is 15.2 Å². The highest BCUT2D eigenvalue weighted by atomic mass is 35.5. The molecule has 0 amide bonds. The average Bonchev–Trinajstić information content (AvgIpc) is 2.68. The SMILES string of the molecule is CCCCCC(C)(C)c1ccc(OC(Cc2ccccc2C(C)(C)N)OCC)cc1.Cl. The van der Waals surface area contributed by atoms with Crippen LogP contribution in [0.3, 0.4) is 0 Å². The highest BCUT2D eigenvalue weighted by molar-refractivity contribution is 5.85. The first kappa shape index (κ1) is 27.5. The maximum Gasteiger partial charge on any atom is 0.203 e. The molecule has 1 unspecified atom stereocenters. The normalized spacial score (nSPS) is 12.9. The van der Waals surface area contributed by atoms with Gasteiger partial charge in [-0.25, -0.2) is 0 Å². The standard InChI is InChI=1S/C27H41NO2.ClH/c1-7-9-12-19-26(3,4)22-15-17-23(18-16-22)30-25(29-8-2)20-21-13-10-11-14-24(21)27(5,6)28;/h10-11,13-18,25H,7-9,12,19-20,28H2,1-6H3;1H. The summed E-state index contributed by atoms with van der Waals surface area (Å²) in [5.74, 6) is 0.839. The molecule has 31 heavy (non-hydrogen) atoms. The molecule has 0 bridgehead atoms. The van der Waals surface area contributed by atoms with Crippen LogP contribution in [0.4, 0.5) is 0 Å². The van der Waals surface area contributed by atoms with E-state index in [0.29, 0.717) is 13.0 Å². The number of halogens is 1. The molecule has 1 atom stereocenters. The van der Waals surface area contributed by atoms with Crippen molar-refractivity contribution in [2.75, 3.05) is 6.61 Å². The lowest BCUT2D eigenvalue weighted by Gasteiger charge is -2.27. The van der Waals surface area contributed by atoms with E-state index < -0.39 is 5.54 Å². The Kier molecular flexibility index (Phi) is 11.1. The average molecular weight is 448 g/mol. The third-order valence-electron chi connectivity index (χ3n) is 5.76. The van der Waals surface area contributed by atoms with Crippen molar-refractivity contribution in [3.63, 3.8) is 0 Å². The van der Waals surface area contributed by atoms with E-state index in [0.717, 1.165) is 16.9 Å². The van der Waals surface area contributed by atoms with Crippen LogP contribution in [-0.2, 0) is 22.1 Å². The Labute approximate surface area is 196 Å². The van der Waals surface area contributed by atoms with Crippen LogP contribution in [0.15, 0.2) is 48.5 Å². The molecular formula is C27H42ClNO2. The van der Waals surface area contributed by atoms with Gasteiger partial charge in [0.1, 0.15) is 5.75 Å². The maximum absolute atomic E-state index is 6.38. The van der Waals surface area contributed by atoms with Gasteiger partial charge in [-0.15, -0.1) is 12.4 Å². The predicted molar refractivity (Wildman–Crippen MR) is 134 cm³/mol. The summed E-state index contributed by atoms with van der Waals surface area (Å²) in [7, 11) is 0. The smallest absolute Gasteiger partial charge is 0.203 e. The topological polar surface area (TPSA) is 44.5 Å². The molecule has 0 aliphatic rings. The molecule has 2 rings (SSSR count). The lowest BCUT2D eigenvalue weighted by atomic mass is 9.80. The number of nitrogens with two attached hydrogens (primary N) is 1. The molecule has 0 aliphatic carbocycles. The van der Waals surface area contributed by atoms with E-state index >= 15 is 0 Å². The van der Waals surface area contributed by atoms with Gasteiger partial charge in [-0.3, -0.25) is 0 Å². The Morgan fingerprint density at radius 3 is 2.13 bits per heavy atom. The van der Waals surface area contributed by atoms with Crippen LogP contribution in [0.2, 0.25) is 0 Å². The molecule has 2 N–H and O–H groups in total. The van der Waals surface area contributed by atoms with Crippen molar-refractivity contribution in [1.29, 1.82) is 0 Å². The van der Waals surface area contributed by atoms with E-state index in [-0.39, 0.29) is 24.1 Å². The van der Waals surface area contributed by atoms with Crippen LogP contribution in [0.5, 0.6) is 5.75 Å². The third kappa shape index (κ3) is 8.48. The number of unbranched alkanes of at least 4 members (excludes halogenated alkanes) is 2. The first-order valence-corrected chi connectivity index (χ1v) is 11.4. The molecule has 4 heteroatoms. The summed E-state index contributed by atoms with van der Waals surface area (Å²) in [5.41, 5.74) is 9.80. The molecule has 2 aromatic carbocycles. The molecule has 0 saturated carbocycles. The van der Waals surface area contributed by atoms with Crippen LogP contribution in [-0.4, -0.2) is 12.9 Å². The summed E-state index contributed by atoms with van der Waals surface area (Å²) in [6.45, 7) is 13.6. The molecule has 3 nitrogen and oxygen atoms in total. The van der Waals surface area contributed by atoms with Crippen molar-refractivity contribution in [3.05, 3.63) is 65.2 Å². The molecular weight excluding hydrogens is 406 g/mol. The molecule has 0 saturated heterocycles. The molecule has 0 aliphatic heterocycles. The van der Waals surface area contributed by atoms with Crippen molar-refractivity contribution in [1.82, 2.24) is 0 Å². The molecule has 174 valence electrons. The molecule has 0 fully saturated rings. The van der Waals surface area contributed by atoms with E-state index in [4.69, 9.17) is 15.2 Å². The first-order chi connectivity index (χ1) is 14.2. The fourth-order valence-electron chi connectivity index (χ4n) is 3.92. The second-order valence-electron chi connectivity index (χ2n) is 9.45. The molecule has 0 aromatic heterocycles. The highest BCUT2D eigenvalue weighted by Crippen LogP contribution is 2.31. The Bertz CT molecular complexity index is 766. The van der Waals surface area contributed by atoms with Crippen molar-refractivity contribution in [2.24, 2.45) is 5.73 Å². The van der Waals surface area contributed by atoms with Crippen LogP contribution < -0.4 is 10.5 Å². The monoisotopic (exact) mass is 447 g/mol. The van der Waals surface area contributed by atoms with E-state index in [1.807, 2.05) is 32.9 Å². The minimum atomic E-state index is -0.404. The largest absolute Gasteiger partial charge is 0.465 e. The Balaban J connectivity index is 0.00000480. The lowest BCUT2D eigenvalue weighted by molar-refractivity contribution is -0.0742. The third-order valence-corrected chi connectivity index (χ3v) is 5.76. The van der Waals surface area contributed by atoms with Gasteiger partial charge in [-0.05, 0) is 61.4 Å². The Morgan fingerprint density at radius 2 is 1.55 bits per heavy atom. The van der Waals surface area contributed by atoms with Crippen molar-refractivity contribution in [3.8, 4) is 5.75 Å². The second-order valence-corrected chi connectivity index (χ2v) is 9.45. The second kappa shape index (κ2) is 12.5. The van der Waals surface area contributed by atoms with E-state index in [1.165, 1.54) is 31.2 Å². The molecule has 0 radical (unpaired) electrons. The van der Waals surface area contributed by atoms with Crippen LogP contribution in [0.1, 0.15) is 83.9 Å².